The molecular formula is C21H22ClN3O3S. The summed E-state index contributed by atoms with van der Waals surface area (Å²) in [7, 11) is 3.13. The molecule has 1 atom stereocenters. The SMILES string of the molecule is COc1cccc([C@H]2NC(=S)NC(C)=C2C(=O)Nc2cccc(Cl)c2C)c1OC. The number of nitrogens with one attached hydrogen (secondary N) is 3. The van der Waals surface area contributed by atoms with Crippen LogP contribution in [-0.2, 0) is 4.79 Å². The third kappa shape index (κ3) is 4.16. The lowest BCUT2D eigenvalue weighted by Gasteiger charge is -2.31. The normalized spacial score (nSPS) is 16.0. The molecule has 0 fully saturated rings. The molecule has 29 heavy (non-hydrogen) atoms. The Kier molecular flexibility index (Phi) is 6.30. The van der Waals surface area contributed by atoms with Crippen LogP contribution < -0.4 is 25.4 Å². The van der Waals surface area contributed by atoms with Crippen molar-refractivity contribution < 1.29 is 14.3 Å². The molecule has 8 heteroatoms. The summed E-state index contributed by atoms with van der Waals surface area (Å²) in [4.78, 5) is 13.3. The van der Waals surface area contributed by atoms with Crippen LogP contribution in [0.2, 0.25) is 5.02 Å². The molecule has 2 aromatic rings. The number of ether oxygens (including phenoxy) is 2. The first-order valence-corrected chi connectivity index (χ1v) is 9.71. The van der Waals surface area contributed by atoms with E-state index in [4.69, 9.17) is 33.3 Å². The van der Waals surface area contributed by atoms with E-state index in [1.165, 1.54) is 0 Å². The van der Waals surface area contributed by atoms with Crippen LogP contribution in [0.25, 0.3) is 0 Å². The maximum Gasteiger partial charge on any atom is 0.255 e. The van der Waals surface area contributed by atoms with Crippen molar-refractivity contribution in [3.63, 3.8) is 0 Å². The van der Waals surface area contributed by atoms with Gasteiger partial charge in [-0.25, -0.2) is 0 Å². The maximum atomic E-state index is 13.3. The van der Waals surface area contributed by atoms with Gasteiger partial charge in [0.15, 0.2) is 16.6 Å². The minimum absolute atomic E-state index is 0.273. The van der Waals surface area contributed by atoms with E-state index in [1.54, 1.807) is 32.4 Å². The molecular weight excluding hydrogens is 410 g/mol. The lowest BCUT2D eigenvalue weighted by atomic mass is 9.93. The number of para-hydroxylation sites is 1. The highest BCUT2D eigenvalue weighted by atomic mass is 35.5. The van der Waals surface area contributed by atoms with E-state index >= 15 is 0 Å². The molecule has 0 bridgehead atoms. The predicted molar refractivity (Wildman–Crippen MR) is 119 cm³/mol. The van der Waals surface area contributed by atoms with Gasteiger partial charge >= 0.3 is 0 Å². The summed E-state index contributed by atoms with van der Waals surface area (Å²) in [6, 6.07) is 10.4. The number of rotatable bonds is 5. The second kappa shape index (κ2) is 8.71. The monoisotopic (exact) mass is 431 g/mol. The Bertz CT molecular complexity index is 1010. The number of methoxy groups -OCH3 is 2. The van der Waals surface area contributed by atoms with Gasteiger partial charge in [0.25, 0.3) is 5.91 Å². The molecule has 152 valence electrons. The van der Waals surface area contributed by atoms with Crippen molar-refractivity contribution in [2.45, 2.75) is 19.9 Å². The number of anilines is 1. The quantitative estimate of drug-likeness (QED) is 0.619. The molecule has 0 spiro atoms. The van der Waals surface area contributed by atoms with E-state index in [2.05, 4.69) is 16.0 Å². The van der Waals surface area contributed by atoms with E-state index in [0.29, 0.717) is 38.6 Å². The van der Waals surface area contributed by atoms with E-state index in [1.807, 2.05) is 32.0 Å². The number of allylic oxidation sites excluding steroid dienone is 1. The number of hydrogen-bond donors (Lipinski definition) is 3. The van der Waals surface area contributed by atoms with Crippen LogP contribution in [0.1, 0.15) is 24.1 Å². The third-order valence-electron chi connectivity index (χ3n) is 4.77. The average molecular weight is 432 g/mol. The smallest absolute Gasteiger partial charge is 0.255 e. The minimum atomic E-state index is -0.520. The predicted octanol–water partition coefficient (Wildman–Crippen LogP) is 4.10. The number of carbonyl (C=O) groups is 1. The number of halogens is 1. The minimum Gasteiger partial charge on any atom is -0.493 e. The highest BCUT2D eigenvalue weighted by molar-refractivity contribution is 7.80. The van der Waals surface area contributed by atoms with Crippen LogP contribution in [0.15, 0.2) is 47.7 Å². The van der Waals surface area contributed by atoms with Gasteiger partial charge in [-0.1, -0.05) is 29.8 Å². The molecule has 0 saturated heterocycles. The summed E-state index contributed by atoms with van der Waals surface area (Å²) in [5.41, 5.74) is 3.32. The highest BCUT2D eigenvalue weighted by Crippen LogP contribution is 2.39. The van der Waals surface area contributed by atoms with Gasteiger partial charge in [0.05, 0.1) is 25.8 Å². The first kappa shape index (κ1) is 21.0. The van der Waals surface area contributed by atoms with Crippen molar-refractivity contribution in [2.75, 3.05) is 19.5 Å². The van der Waals surface area contributed by atoms with Gasteiger partial charge < -0.3 is 25.4 Å². The molecule has 0 saturated carbocycles. The summed E-state index contributed by atoms with van der Waals surface area (Å²) in [6.07, 6.45) is 0. The number of amides is 1. The fraction of sp³-hybridized carbons (Fsp3) is 0.238. The molecule has 1 amide bonds. The van der Waals surface area contributed by atoms with Gasteiger partial charge in [0, 0.05) is 22.0 Å². The van der Waals surface area contributed by atoms with E-state index < -0.39 is 6.04 Å². The zero-order valence-electron chi connectivity index (χ0n) is 16.6. The van der Waals surface area contributed by atoms with Gasteiger partial charge in [-0.2, -0.15) is 0 Å². The van der Waals surface area contributed by atoms with Crippen molar-refractivity contribution in [1.82, 2.24) is 10.6 Å². The van der Waals surface area contributed by atoms with E-state index in [-0.39, 0.29) is 5.91 Å². The van der Waals surface area contributed by atoms with Crippen molar-refractivity contribution in [1.29, 1.82) is 0 Å². The Morgan fingerprint density at radius 3 is 2.55 bits per heavy atom. The standard InChI is InChI=1S/C21H22ClN3O3S/c1-11-14(22)8-6-9-15(11)24-20(26)17-12(2)23-21(29)25-18(17)13-7-5-10-16(27-3)19(13)28-4/h5-10,18H,1-4H3,(H,24,26)(H2,23,25,29)/t18-/m1/s1. The first-order valence-electron chi connectivity index (χ1n) is 8.93. The summed E-state index contributed by atoms with van der Waals surface area (Å²) in [5, 5.41) is 10.2. The van der Waals surface area contributed by atoms with Gasteiger partial charge in [0.1, 0.15) is 0 Å². The second-order valence-electron chi connectivity index (χ2n) is 6.52. The van der Waals surface area contributed by atoms with Crippen molar-refractivity contribution in [3.8, 4) is 11.5 Å². The van der Waals surface area contributed by atoms with E-state index in [9.17, 15) is 4.79 Å². The molecule has 0 aliphatic carbocycles. The zero-order valence-corrected chi connectivity index (χ0v) is 18.1. The van der Waals surface area contributed by atoms with Gasteiger partial charge in [0.2, 0.25) is 0 Å². The van der Waals surface area contributed by atoms with Crippen molar-refractivity contribution in [3.05, 3.63) is 63.8 Å². The average Bonchev–Trinajstić information content (AvgIpc) is 2.69. The van der Waals surface area contributed by atoms with Gasteiger partial charge in [-0.15, -0.1) is 0 Å². The van der Waals surface area contributed by atoms with Crippen LogP contribution in [0.3, 0.4) is 0 Å². The molecule has 3 N–H and O–H groups in total. The fourth-order valence-electron chi connectivity index (χ4n) is 3.30. The van der Waals surface area contributed by atoms with Crippen LogP contribution in [0.4, 0.5) is 5.69 Å². The summed E-state index contributed by atoms with van der Waals surface area (Å²) in [5.74, 6) is 0.832. The Hall–Kier alpha value is -2.77. The maximum absolute atomic E-state index is 13.3. The topological polar surface area (TPSA) is 71.6 Å². The number of hydrogen-bond acceptors (Lipinski definition) is 4. The van der Waals surface area contributed by atoms with Crippen LogP contribution >= 0.6 is 23.8 Å². The second-order valence-corrected chi connectivity index (χ2v) is 7.33. The lowest BCUT2D eigenvalue weighted by molar-refractivity contribution is -0.113. The summed E-state index contributed by atoms with van der Waals surface area (Å²) < 4.78 is 11.0. The Labute approximate surface area is 180 Å². The number of carbonyl (C=O) groups excluding carboxylic acids is 1. The number of thiocarbonyl (C=S) groups is 1. The first-order chi connectivity index (χ1) is 13.9. The molecule has 1 aliphatic rings. The zero-order chi connectivity index (χ0) is 21.1. The molecule has 6 nitrogen and oxygen atoms in total. The fourth-order valence-corrected chi connectivity index (χ4v) is 3.75. The molecule has 0 radical (unpaired) electrons. The largest absolute Gasteiger partial charge is 0.493 e. The van der Waals surface area contributed by atoms with Crippen molar-refractivity contribution >= 4 is 40.5 Å². The van der Waals surface area contributed by atoms with E-state index in [0.717, 1.165) is 11.1 Å². The molecule has 1 heterocycles. The Morgan fingerprint density at radius 1 is 1.14 bits per heavy atom. The Morgan fingerprint density at radius 2 is 1.86 bits per heavy atom. The van der Waals surface area contributed by atoms with Crippen LogP contribution in [0, 0.1) is 6.92 Å². The molecule has 0 unspecified atom stereocenters. The third-order valence-corrected chi connectivity index (χ3v) is 5.40. The highest BCUT2D eigenvalue weighted by Gasteiger charge is 2.32. The van der Waals surface area contributed by atoms with Crippen LogP contribution in [0.5, 0.6) is 11.5 Å². The summed E-state index contributed by atoms with van der Waals surface area (Å²) in [6.45, 7) is 3.67. The Balaban J connectivity index is 2.05. The molecule has 2 aromatic carbocycles. The van der Waals surface area contributed by atoms with Crippen molar-refractivity contribution in [2.24, 2.45) is 0 Å². The van der Waals surface area contributed by atoms with Gasteiger partial charge in [-0.3, -0.25) is 4.79 Å². The van der Waals surface area contributed by atoms with Gasteiger partial charge in [-0.05, 0) is 49.8 Å². The molecule has 3 rings (SSSR count). The molecule has 1 aliphatic heterocycles. The van der Waals surface area contributed by atoms with Crippen LogP contribution in [-0.4, -0.2) is 25.2 Å². The molecule has 0 aromatic heterocycles. The lowest BCUT2D eigenvalue weighted by Crippen LogP contribution is -2.45. The number of benzene rings is 2. The summed E-state index contributed by atoms with van der Waals surface area (Å²) >= 11 is 11.5.